The number of fused-ring (bicyclic) bond motifs is 1. The molecule has 1 fully saturated rings. The second-order valence-corrected chi connectivity index (χ2v) is 9.13. The number of hydrogen-bond acceptors (Lipinski definition) is 5. The van der Waals surface area contributed by atoms with Crippen LogP contribution in [0.5, 0.6) is 0 Å². The van der Waals surface area contributed by atoms with Crippen molar-refractivity contribution in [3.8, 4) is 11.3 Å². The molecule has 1 aliphatic rings. The second-order valence-electron chi connectivity index (χ2n) is 7.15. The van der Waals surface area contributed by atoms with Gasteiger partial charge in [0, 0.05) is 19.2 Å². The van der Waals surface area contributed by atoms with Crippen LogP contribution in [0, 0.1) is 23.3 Å². The predicted octanol–water partition coefficient (Wildman–Crippen LogP) is 2.74. The summed E-state index contributed by atoms with van der Waals surface area (Å²) in [6, 6.07) is 1.25. The number of sulfonamides is 1. The van der Waals surface area contributed by atoms with Gasteiger partial charge in [0.05, 0.1) is 29.8 Å². The van der Waals surface area contributed by atoms with E-state index in [4.69, 9.17) is 0 Å². The molecule has 0 aliphatic carbocycles. The molecule has 0 radical (unpaired) electrons. The Labute approximate surface area is 173 Å². The van der Waals surface area contributed by atoms with Crippen molar-refractivity contribution in [2.45, 2.75) is 18.6 Å². The molecule has 1 aromatic carbocycles. The molecule has 1 aliphatic heterocycles. The van der Waals surface area contributed by atoms with Crippen molar-refractivity contribution >= 4 is 21.5 Å². The van der Waals surface area contributed by atoms with Crippen LogP contribution >= 0.6 is 0 Å². The van der Waals surface area contributed by atoms with Gasteiger partial charge >= 0.3 is 0 Å². The lowest BCUT2D eigenvalue weighted by Gasteiger charge is -2.33. The van der Waals surface area contributed by atoms with Crippen LogP contribution in [-0.2, 0) is 10.0 Å². The molecule has 3 aromatic rings. The maximum atomic E-state index is 14.5. The van der Waals surface area contributed by atoms with E-state index in [1.54, 1.807) is 0 Å². The highest BCUT2D eigenvalue weighted by Crippen LogP contribution is 2.31. The minimum Gasteiger partial charge on any atom is -0.347 e. The largest absolute Gasteiger partial charge is 0.347 e. The molecular formula is C18H16F5N5O2S. The molecule has 4 rings (SSSR count). The van der Waals surface area contributed by atoms with Gasteiger partial charge in [-0.15, -0.1) is 5.10 Å². The Kier molecular flexibility index (Phi) is 5.33. The van der Waals surface area contributed by atoms with Crippen molar-refractivity contribution in [3.63, 3.8) is 0 Å². The third kappa shape index (κ3) is 3.94. The molecule has 0 spiro atoms. The van der Waals surface area contributed by atoms with E-state index in [0.717, 1.165) is 27.3 Å². The van der Waals surface area contributed by atoms with Crippen LogP contribution < -0.4 is 5.32 Å². The first-order valence-corrected chi connectivity index (χ1v) is 10.9. The van der Waals surface area contributed by atoms with Crippen LogP contribution in [0.2, 0.25) is 0 Å². The Hall–Kier alpha value is -2.80. The van der Waals surface area contributed by atoms with Gasteiger partial charge in [-0.1, -0.05) is 0 Å². The van der Waals surface area contributed by atoms with E-state index in [1.807, 2.05) is 0 Å². The number of rotatable bonds is 4. The molecule has 2 atom stereocenters. The number of anilines is 1. The minimum absolute atomic E-state index is 0.0717. The highest BCUT2D eigenvalue weighted by molar-refractivity contribution is 7.88. The number of nitrogens with one attached hydrogen (secondary N) is 1. The summed E-state index contributed by atoms with van der Waals surface area (Å²) in [5.74, 6) is -5.03. The number of hydrogen-bond donors (Lipinski definition) is 1. The van der Waals surface area contributed by atoms with Crippen LogP contribution in [0.1, 0.15) is 6.42 Å². The first kappa shape index (κ1) is 21.4. The zero-order valence-electron chi connectivity index (χ0n) is 16.0. The molecule has 0 saturated carbocycles. The Morgan fingerprint density at radius 3 is 2.52 bits per heavy atom. The van der Waals surface area contributed by atoms with E-state index in [-0.39, 0.29) is 31.0 Å². The van der Waals surface area contributed by atoms with E-state index in [2.05, 4.69) is 15.4 Å². The van der Waals surface area contributed by atoms with Gasteiger partial charge in [-0.05, 0) is 18.6 Å². The molecule has 7 nitrogen and oxygen atoms in total. The van der Waals surface area contributed by atoms with Crippen LogP contribution in [0.4, 0.5) is 27.9 Å². The molecule has 3 heterocycles. The van der Waals surface area contributed by atoms with Crippen molar-refractivity contribution in [1.29, 1.82) is 0 Å². The minimum atomic E-state index is -3.54. The van der Waals surface area contributed by atoms with Crippen molar-refractivity contribution in [2.75, 3.05) is 24.7 Å². The Balaban J connectivity index is 1.68. The average Bonchev–Trinajstić information content (AvgIpc) is 3.02. The molecule has 166 valence electrons. The zero-order chi connectivity index (χ0) is 22.5. The average molecular weight is 461 g/mol. The monoisotopic (exact) mass is 461 g/mol. The summed E-state index contributed by atoms with van der Waals surface area (Å²) in [6.45, 7) is -0.288. The fourth-order valence-electron chi connectivity index (χ4n) is 3.47. The van der Waals surface area contributed by atoms with E-state index in [9.17, 15) is 30.4 Å². The second kappa shape index (κ2) is 7.71. The SMILES string of the molecule is CS(=O)(=O)N1CC[C@@H](Nc2ncc3c(F)cc(-c4c(F)ccc(F)c4F)n3n2)[C@H](F)C1. The summed E-state index contributed by atoms with van der Waals surface area (Å²) in [4.78, 5) is 3.89. The number of piperidine rings is 1. The third-order valence-corrected chi connectivity index (χ3v) is 6.33. The molecular weight excluding hydrogens is 445 g/mol. The van der Waals surface area contributed by atoms with Gasteiger partial charge in [0.2, 0.25) is 16.0 Å². The molecule has 13 heteroatoms. The lowest BCUT2D eigenvalue weighted by atomic mass is 10.1. The number of alkyl halides is 1. The van der Waals surface area contributed by atoms with Gasteiger partial charge in [0.15, 0.2) is 17.5 Å². The maximum absolute atomic E-state index is 14.5. The first-order chi connectivity index (χ1) is 14.6. The molecule has 1 saturated heterocycles. The lowest BCUT2D eigenvalue weighted by molar-refractivity contribution is 0.186. The van der Waals surface area contributed by atoms with Crippen LogP contribution in [0.3, 0.4) is 0 Å². The number of halogens is 5. The van der Waals surface area contributed by atoms with Crippen molar-refractivity contribution in [2.24, 2.45) is 0 Å². The van der Waals surface area contributed by atoms with Gasteiger partial charge in [0.1, 0.15) is 17.5 Å². The topological polar surface area (TPSA) is 79.6 Å². The fraction of sp³-hybridized carbons (Fsp3) is 0.333. The van der Waals surface area contributed by atoms with Gasteiger partial charge < -0.3 is 5.32 Å². The lowest BCUT2D eigenvalue weighted by Crippen LogP contribution is -2.49. The van der Waals surface area contributed by atoms with E-state index in [1.165, 1.54) is 0 Å². The summed E-state index contributed by atoms with van der Waals surface area (Å²) in [7, 11) is -3.54. The maximum Gasteiger partial charge on any atom is 0.241 e. The van der Waals surface area contributed by atoms with Gasteiger partial charge in [-0.25, -0.2) is 39.9 Å². The summed E-state index contributed by atoms with van der Waals surface area (Å²) in [5, 5.41) is 6.68. The van der Waals surface area contributed by atoms with Crippen LogP contribution in [0.25, 0.3) is 16.8 Å². The molecule has 31 heavy (non-hydrogen) atoms. The number of nitrogens with zero attached hydrogens (tertiary/aromatic N) is 4. The fourth-order valence-corrected chi connectivity index (χ4v) is 4.32. The van der Waals surface area contributed by atoms with Gasteiger partial charge in [-0.2, -0.15) is 4.31 Å². The first-order valence-electron chi connectivity index (χ1n) is 9.10. The molecule has 0 unspecified atom stereocenters. The third-order valence-electron chi connectivity index (χ3n) is 5.06. The normalized spacial score (nSPS) is 20.3. The van der Waals surface area contributed by atoms with Gasteiger partial charge in [0.25, 0.3) is 0 Å². The van der Waals surface area contributed by atoms with Gasteiger partial charge in [-0.3, -0.25) is 0 Å². The van der Waals surface area contributed by atoms with Crippen LogP contribution in [-0.4, -0.2) is 58.9 Å². The predicted molar refractivity (Wildman–Crippen MR) is 102 cm³/mol. The quantitative estimate of drug-likeness (QED) is 0.478. The highest BCUT2D eigenvalue weighted by atomic mass is 32.2. The molecule has 0 amide bonds. The molecule has 2 aromatic heterocycles. The Bertz CT molecular complexity index is 1270. The van der Waals surface area contributed by atoms with E-state index in [0.29, 0.717) is 12.1 Å². The summed E-state index contributed by atoms with van der Waals surface area (Å²) < 4.78 is 95.8. The van der Waals surface area contributed by atoms with Crippen molar-refractivity contribution < 1.29 is 30.4 Å². The van der Waals surface area contributed by atoms with Crippen LogP contribution in [0.15, 0.2) is 24.4 Å². The zero-order valence-corrected chi connectivity index (χ0v) is 16.8. The summed E-state index contributed by atoms with van der Waals surface area (Å²) in [5.41, 5.74) is -1.43. The highest BCUT2D eigenvalue weighted by Gasteiger charge is 2.33. The Morgan fingerprint density at radius 1 is 1.13 bits per heavy atom. The number of benzene rings is 1. The smallest absolute Gasteiger partial charge is 0.241 e. The Morgan fingerprint density at radius 2 is 1.84 bits per heavy atom. The van der Waals surface area contributed by atoms with Crippen molar-refractivity contribution in [1.82, 2.24) is 18.9 Å². The summed E-state index contributed by atoms with van der Waals surface area (Å²) in [6.07, 6.45) is 0.538. The summed E-state index contributed by atoms with van der Waals surface area (Å²) >= 11 is 0. The molecule has 0 bridgehead atoms. The van der Waals surface area contributed by atoms with E-state index >= 15 is 0 Å². The number of aromatic nitrogens is 3. The standard InChI is InChI=1S/C18H16F5N5O2S/c1-31(29,30)27-5-4-13(12(22)8-27)25-18-24-7-15-11(21)6-14(28(15)26-18)16-9(19)2-3-10(20)17(16)23/h2-3,6-7,12-13H,4-5,8H2,1H3,(H,25,26)/t12-,13-/m1/s1. The van der Waals surface area contributed by atoms with Crippen molar-refractivity contribution in [3.05, 3.63) is 47.7 Å². The van der Waals surface area contributed by atoms with E-state index < -0.39 is 56.8 Å². The molecule has 1 N–H and O–H groups in total.